The maximum absolute atomic E-state index is 14.2. The van der Waals surface area contributed by atoms with Gasteiger partial charge < -0.3 is 15.0 Å². The highest BCUT2D eigenvalue weighted by atomic mass is 19.1. The molecule has 5 heteroatoms. The van der Waals surface area contributed by atoms with Crippen LogP contribution >= 0.6 is 0 Å². The van der Waals surface area contributed by atoms with E-state index in [-0.39, 0.29) is 11.7 Å². The second kappa shape index (κ2) is 9.85. The van der Waals surface area contributed by atoms with Crippen molar-refractivity contribution in [3.8, 4) is 5.75 Å². The Morgan fingerprint density at radius 3 is 2.38 bits per heavy atom. The lowest BCUT2D eigenvalue weighted by molar-refractivity contribution is -0.916. The fourth-order valence-electron chi connectivity index (χ4n) is 3.41. The topological polar surface area (TPSA) is 42.8 Å². The summed E-state index contributed by atoms with van der Waals surface area (Å²) in [4.78, 5) is 14.2. The lowest BCUT2D eigenvalue weighted by atomic mass is 10.0. The van der Waals surface area contributed by atoms with E-state index in [1.54, 1.807) is 12.1 Å². The SMILES string of the molecule is CCOc1ccccc1NC(=O)[C@H](c1ccccc1)[NH+](C)Cc1ccccc1F. The first-order valence-electron chi connectivity index (χ1n) is 9.73. The van der Waals surface area contributed by atoms with E-state index in [2.05, 4.69) is 5.32 Å². The summed E-state index contributed by atoms with van der Waals surface area (Å²) in [5.74, 6) is 0.194. The second-order valence-corrected chi connectivity index (χ2v) is 6.88. The maximum Gasteiger partial charge on any atom is 0.287 e. The Labute approximate surface area is 170 Å². The molecule has 1 unspecified atom stereocenters. The summed E-state index contributed by atoms with van der Waals surface area (Å²) in [6.07, 6.45) is 0. The van der Waals surface area contributed by atoms with Crippen molar-refractivity contribution in [2.24, 2.45) is 0 Å². The molecule has 3 aromatic carbocycles. The van der Waals surface area contributed by atoms with Crippen LogP contribution in [0.3, 0.4) is 0 Å². The molecule has 4 nitrogen and oxygen atoms in total. The molecule has 0 aliphatic heterocycles. The molecule has 0 radical (unpaired) electrons. The molecule has 0 heterocycles. The van der Waals surface area contributed by atoms with E-state index in [4.69, 9.17) is 4.74 Å². The Kier molecular flexibility index (Phi) is 6.98. The van der Waals surface area contributed by atoms with E-state index < -0.39 is 6.04 Å². The molecule has 0 aromatic heterocycles. The van der Waals surface area contributed by atoms with Crippen molar-refractivity contribution in [2.45, 2.75) is 19.5 Å². The molecule has 0 aliphatic rings. The zero-order valence-electron chi connectivity index (χ0n) is 16.7. The number of benzene rings is 3. The predicted octanol–water partition coefficient (Wildman–Crippen LogP) is 3.62. The highest BCUT2D eigenvalue weighted by molar-refractivity contribution is 5.95. The summed E-state index contributed by atoms with van der Waals surface area (Å²) in [6, 6.07) is 23.1. The number of carbonyl (C=O) groups excluding carboxylic acids is 1. The minimum Gasteiger partial charge on any atom is -0.492 e. The van der Waals surface area contributed by atoms with Crippen LogP contribution < -0.4 is 15.0 Å². The molecule has 150 valence electrons. The van der Waals surface area contributed by atoms with Gasteiger partial charge in [0, 0.05) is 11.1 Å². The van der Waals surface area contributed by atoms with Crippen LogP contribution in [0.5, 0.6) is 5.75 Å². The van der Waals surface area contributed by atoms with Crippen molar-refractivity contribution in [3.05, 3.63) is 95.8 Å². The average Bonchev–Trinajstić information content (AvgIpc) is 2.72. The van der Waals surface area contributed by atoms with Crippen LogP contribution in [0.2, 0.25) is 0 Å². The zero-order valence-corrected chi connectivity index (χ0v) is 16.7. The van der Waals surface area contributed by atoms with Crippen molar-refractivity contribution in [2.75, 3.05) is 19.0 Å². The van der Waals surface area contributed by atoms with Crippen LogP contribution in [0.4, 0.5) is 10.1 Å². The third-order valence-corrected chi connectivity index (χ3v) is 4.76. The molecule has 3 rings (SSSR count). The standard InChI is InChI=1S/C24H25FN2O2/c1-3-29-22-16-10-9-15-21(22)26-24(28)23(18-11-5-4-6-12-18)27(2)17-19-13-7-8-14-20(19)25/h4-16,23H,3,17H2,1-2H3,(H,26,28)/p+1/t23-/m0/s1. The van der Waals surface area contributed by atoms with Gasteiger partial charge in [0.05, 0.1) is 19.3 Å². The van der Waals surface area contributed by atoms with Gasteiger partial charge in [0.1, 0.15) is 18.1 Å². The summed E-state index contributed by atoms with van der Waals surface area (Å²) >= 11 is 0. The van der Waals surface area contributed by atoms with Crippen molar-refractivity contribution < 1.29 is 18.8 Å². The predicted molar refractivity (Wildman–Crippen MR) is 112 cm³/mol. The van der Waals surface area contributed by atoms with Crippen LogP contribution in [-0.4, -0.2) is 19.6 Å². The molecular formula is C24H26FN2O2+. The van der Waals surface area contributed by atoms with E-state index in [9.17, 15) is 9.18 Å². The summed E-state index contributed by atoms with van der Waals surface area (Å²) in [6.45, 7) is 2.79. The number of likely N-dealkylation sites (N-methyl/N-ethyl adjacent to an activating group) is 1. The number of hydrogen-bond donors (Lipinski definition) is 2. The minimum absolute atomic E-state index is 0.169. The van der Waals surface area contributed by atoms with E-state index in [0.717, 1.165) is 10.5 Å². The quantitative estimate of drug-likeness (QED) is 0.614. The van der Waals surface area contributed by atoms with Gasteiger partial charge in [-0.15, -0.1) is 0 Å². The van der Waals surface area contributed by atoms with Gasteiger partial charge >= 0.3 is 0 Å². The molecule has 0 fully saturated rings. The zero-order chi connectivity index (χ0) is 20.6. The third kappa shape index (κ3) is 5.21. The fourth-order valence-corrected chi connectivity index (χ4v) is 3.41. The number of halogens is 1. The van der Waals surface area contributed by atoms with Gasteiger partial charge in [-0.2, -0.15) is 0 Å². The molecule has 0 aliphatic carbocycles. The average molecular weight is 393 g/mol. The first kappa shape index (κ1) is 20.6. The smallest absolute Gasteiger partial charge is 0.287 e. The van der Waals surface area contributed by atoms with Crippen LogP contribution in [0.1, 0.15) is 24.1 Å². The maximum atomic E-state index is 14.2. The summed E-state index contributed by atoms with van der Waals surface area (Å²) in [5, 5.41) is 3.00. The Balaban J connectivity index is 1.88. The summed E-state index contributed by atoms with van der Waals surface area (Å²) in [5.41, 5.74) is 2.07. The molecule has 0 bridgehead atoms. The summed E-state index contributed by atoms with van der Waals surface area (Å²) in [7, 11) is 1.90. The Bertz CT molecular complexity index is 946. The number of carbonyl (C=O) groups is 1. The number of nitrogens with one attached hydrogen (secondary N) is 2. The first-order chi connectivity index (χ1) is 14.1. The van der Waals surface area contributed by atoms with Gasteiger partial charge in [0.15, 0.2) is 6.04 Å². The molecular weight excluding hydrogens is 367 g/mol. The highest BCUT2D eigenvalue weighted by Gasteiger charge is 2.30. The molecule has 3 aromatic rings. The van der Waals surface area contributed by atoms with Crippen molar-refractivity contribution in [3.63, 3.8) is 0 Å². The molecule has 0 saturated heterocycles. The van der Waals surface area contributed by atoms with E-state index in [0.29, 0.717) is 30.2 Å². The van der Waals surface area contributed by atoms with Gasteiger partial charge in [-0.05, 0) is 25.1 Å². The highest BCUT2D eigenvalue weighted by Crippen LogP contribution is 2.25. The molecule has 0 saturated carbocycles. The lowest BCUT2D eigenvalue weighted by Gasteiger charge is -2.25. The van der Waals surface area contributed by atoms with Gasteiger partial charge in [-0.25, -0.2) is 4.39 Å². The van der Waals surface area contributed by atoms with Crippen LogP contribution in [0, 0.1) is 5.82 Å². The molecule has 29 heavy (non-hydrogen) atoms. The van der Waals surface area contributed by atoms with Crippen LogP contribution in [-0.2, 0) is 11.3 Å². The summed E-state index contributed by atoms with van der Waals surface area (Å²) < 4.78 is 19.8. The first-order valence-corrected chi connectivity index (χ1v) is 9.73. The van der Waals surface area contributed by atoms with E-state index in [1.807, 2.05) is 74.6 Å². The van der Waals surface area contributed by atoms with E-state index >= 15 is 0 Å². The molecule has 0 spiro atoms. The Morgan fingerprint density at radius 2 is 1.66 bits per heavy atom. The number of para-hydroxylation sites is 2. The number of hydrogen-bond acceptors (Lipinski definition) is 2. The largest absolute Gasteiger partial charge is 0.492 e. The fraction of sp³-hybridized carbons (Fsp3) is 0.208. The number of rotatable bonds is 8. The van der Waals surface area contributed by atoms with Crippen molar-refractivity contribution in [1.29, 1.82) is 0 Å². The van der Waals surface area contributed by atoms with E-state index in [1.165, 1.54) is 6.07 Å². The van der Waals surface area contributed by atoms with Gasteiger partial charge in [0.25, 0.3) is 5.91 Å². The van der Waals surface area contributed by atoms with Crippen LogP contribution in [0.25, 0.3) is 0 Å². The molecule has 1 amide bonds. The number of ether oxygens (including phenoxy) is 1. The van der Waals surface area contributed by atoms with Gasteiger partial charge in [0.2, 0.25) is 0 Å². The molecule has 2 atom stereocenters. The number of anilines is 1. The van der Waals surface area contributed by atoms with Gasteiger partial charge in [-0.3, -0.25) is 4.79 Å². The Morgan fingerprint density at radius 1 is 1.00 bits per heavy atom. The monoisotopic (exact) mass is 393 g/mol. The van der Waals surface area contributed by atoms with Crippen LogP contribution in [0.15, 0.2) is 78.9 Å². The van der Waals surface area contributed by atoms with Crippen molar-refractivity contribution in [1.82, 2.24) is 0 Å². The van der Waals surface area contributed by atoms with Crippen molar-refractivity contribution >= 4 is 11.6 Å². The minimum atomic E-state index is -0.509. The third-order valence-electron chi connectivity index (χ3n) is 4.76. The number of amides is 1. The number of quaternary nitrogens is 1. The normalized spacial score (nSPS) is 12.8. The lowest BCUT2D eigenvalue weighted by Crippen LogP contribution is -3.09. The van der Waals surface area contributed by atoms with Gasteiger partial charge in [-0.1, -0.05) is 60.7 Å². The molecule has 2 N–H and O–H groups in total. The Hall–Kier alpha value is -3.18. The second-order valence-electron chi connectivity index (χ2n) is 6.88.